The normalized spacial score (nSPS) is 23.6. The fourth-order valence-electron chi connectivity index (χ4n) is 2.59. The summed E-state index contributed by atoms with van der Waals surface area (Å²) < 4.78 is 0. The van der Waals surface area contributed by atoms with Crippen LogP contribution in [0.25, 0.3) is 0 Å². The van der Waals surface area contributed by atoms with E-state index in [1.54, 1.807) is 0 Å². The largest absolute Gasteiger partial charge is 0.309 e. The number of benzene rings is 1. The molecule has 17 heavy (non-hydrogen) atoms. The van der Waals surface area contributed by atoms with E-state index >= 15 is 0 Å². The van der Waals surface area contributed by atoms with Crippen LogP contribution in [0.1, 0.15) is 36.0 Å². The zero-order chi connectivity index (χ0) is 12.3. The van der Waals surface area contributed by atoms with Gasteiger partial charge >= 0.3 is 0 Å². The van der Waals surface area contributed by atoms with Crippen molar-refractivity contribution in [3.8, 4) is 6.07 Å². The predicted molar refractivity (Wildman–Crippen MR) is 69.5 cm³/mol. The van der Waals surface area contributed by atoms with Gasteiger partial charge in [0.15, 0.2) is 0 Å². The van der Waals surface area contributed by atoms with Crippen molar-refractivity contribution >= 4 is 0 Å². The molecule has 0 radical (unpaired) electrons. The fourth-order valence-corrected chi connectivity index (χ4v) is 2.59. The molecule has 2 heteroatoms. The van der Waals surface area contributed by atoms with Crippen LogP contribution in [0.15, 0.2) is 18.2 Å². The van der Waals surface area contributed by atoms with E-state index in [0.29, 0.717) is 6.04 Å². The Labute approximate surface area is 104 Å². The number of hydrogen-bond acceptors (Lipinski definition) is 2. The Hall–Kier alpha value is -1.33. The van der Waals surface area contributed by atoms with E-state index in [0.717, 1.165) is 19.4 Å². The zero-order valence-corrected chi connectivity index (χ0v) is 10.7. The van der Waals surface area contributed by atoms with Gasteiger partial charge in [0, 0.05) is 12.6 Å². The molecule has 1 aliphatic carbocycles. The number of rotatable bonds is 3. The maximum absolute atomic E-state index is 9.04. The van der Waals surface area contributed by atoms with E-state index in [1.165, 1.54) is 23.1 Å². The third kappa shape index (κ3) is 2.87. The summed E-state index contributed by atoms with van der Waals surface area (Å²) in [5, 5.41) is 12.6. The van der Waals surface area contributed by atoms with Gasteiger partial charge < -0.3 is 5.32 Å². The monoisotopic (exact) mass is 228 g/mol. The van der Waals surface area contributed by atoms with Crippen molar-refractivity contribution in [3.05, 3.63) is 34.9 Å². The van der Waals surface area contributed by atoms with Gasteiger partial charge in [-0.05, 0) is 37.8 Å². The molecule has 0 amide bonds. The maximum atomic E-state index is 9.04. The SMILES string of the molecule is Cc1ccc(C)c(CNC2CCCC2C#N)c1. The lowest BCUT2D eigenvalue weighted by Gasteiger charge is -2.16. The molecular formula is C15H20N2. The van der Waals surface area contributed by atoms with E-state index in [2.05, 4.69) is 43.4 Å². The van der Waals surface area contributed by atoms with Crippen LogP contribution >= 0.6 is 0 Å². The fraction of sp³-hybridized carbons (Fsp3) is 0.533. The quantitative estimate of drug-likeness (QED) is 0.863. The minimum absolute atomic E-state index is 0.208. The van der Waals surface area contributed by atoms with Crippen LogP contribution in [0, 0.1) is 31.1 Å². The summed E-state index contributed by atoms with van der Waals surface area (Å²) in [5.41, 5.74) is 3.99. The minimum atomic E-state index is 0.208. The van der Waals surface area contributed by atoms with Gasteiger partial charge in [0.25, 0.3) is 0 Å². The van der Waals surface area contributed by atoms with Gasteiger partial charge in [-0.2, -0.15) is 5.26 Å². The second-order valence-corrected chi connectivity index (χ2v) is 5.08. The smallest absolute Gasteiger partial charge is 0.0672 e. The van der Waals surface area contributed by atoms with Crippen molar-refractivity contribution in [1.29, 1.82) is 5.26 Å². The standard InChI is InChI=1S/C15H20N2/c1-11-6-7-12(2)14(8-11)10-17-15-5-3-4-13(15)9-16/h6-8,13,15,17H,3-5,10H2,1-2H3. The van der Waals surface area contributed by atoms with Crippen LogP contribution in [0.4, 0.5) is 0 Å². The van der Waals surface area contributed by atoms with Crippen molar-refractivity contribution in [1.82, 2.24) is 5.32 Å². The van der Waals surface area contributed by atoms with Crippen LogP contribution in [0.2, 0.25) is 0 Å². The van der Waals surface area contributed by atoms with Crippen LogP contribution in [0.5, 0.6) is 0 Å². The summed E-state index contributed by atoms with van der Waals surface area (Å²) in [6, 6.07) is 9.35. The first-order valence-corrected chi connectivity index (χ1v) is 6.40. The zero-order valence-electron chi connectivity index (χ0n) is 10.7. The molecule has 0 aromatic heterocycles. The molecule has 0 spiro atoms. The molecule has 0 aliphatic heterocycles. The Morgan fingerprint density at radius 2 is 2.18 bits per heavy atom. The molecule has 2 atom stereocenters. The number of nitriles is 1. The first-order chi connectivity index (χ1) is 8.20. The average molecular weight is 228 g/mol. The Morgan fingerprint density at radius 1 is 1.35 bits per heavy atom. The number of aryl methyl sites for hydroxylation is 2. The molecule has 2 nitrogen and oxygen atoms in total. The molecule has 1 aromatic rings. The first-order valence-electron chi connectivity index (χ1n) is 6.40. The van der Waals surface area contributed by atoms with Gasteiger partial charge in [-0.25, -0.2) is 0 Å². The lowest BCUT2D eigenvalue weighted by molar-refractivity contribution is 0.464. The second-order valence-electron chi connectivity index (χ2n) is 5.08. The number of nitrogens with one attached hydrogen (secondary N) is 1. The Balaban J connectivity index is 1.98. The van der Waals surface area contributed by atoms with Crippen LogP contribution in [0.3, 0.4) is 0 Å². The number of hydrogen-bond donors (Lipinski definition) is 1. The van der Waals surface area contributed by atoms with Crippen LogP contribution < -0.4 is 5.32 Å². The molecule has 0 bridgehead atoms. The summed E-state index contributed by atoms with van der Waals surface area (Å²) in [4.78, 5) is 0. The summed E-state index contributed by atoms with van der Waals surface area (Å²) in [6.45, 7) is 5.15. The molecule has 0 saturated heterocycles. The summed E-state index contributed by atoms with van der Waals surface area (Å²) >= 11 is 0. The van der Waals surface area contributed by atoms with Crippen molar-refractivity contribution in [3.63, 3.8) is 0 Å². The Morgan fingerprint density at radius 3 is 2.94 bits per heavy atom. The van der Waals surface area contributed by atoms with Gasteiger partial charge in [-0.1, -0.05) is 30.2 Å². The molecule has 1 aromatic carbocycles. The molecule has 1 aliphatic rings. The average Bonchev–Trinajstić information content (AvgIpc) is 2.77. The highest BCUT2D eigenvalue weighted by atomic mass is 14.9. The van der Waals surface area contributed by atoms with Crippen LogP contribution in [-0.4, -0.2) is 6.04 Å². The molecule has 1 fully saturated rings. The van der Waals surface area contributed by atoms with Crippen molar-refractivity contribution in [2.45, 2.75) is 45.7 Å². The van der Waals surface area contributed by atoms with Gasteiger partial charge in [0.2, 0.25) is 0 Å². The highest BCUT2D eigenvalue weighted by Crippen LogP contribution is 2.25. The predicted octanol–water partition coefficient (Wildman–Crippen LogP) is 3.09. The summed E-state index contributed by atoms with van der Waals surface area (Å²) in [7, 11) is 0. The lowest BCUT2D eigenvalue weighted by Crippen LogP contribution is -2.31. The van der Waals surface area contributed by atoms with Gasteiger partial charge in [0.1, 0.15) is 0 Å². The van der Waals surface area contributed by atoms with E-state index in [-0.39, 0.29) is 5.92 Å². The molecule has 1 saturated carbocycles. The Bertz CT molecular complexity index is 431. The maximum Gasteiger partial charge on any atom is 0.0672 e. The van der Waals surface area contributed by atoms with Gasteiger partial charge in [0.05, 0.1) is 12.0 Å². The van der Waals surface area contributed by atoms with Crippen molar-refractivity contribution in [2.75, 3.05) is 0 Å². The van der Waals surface area contributed by atoms with Crippen molar-refractivity contribution < 1.29 is 0 Å². The molecule has 90 valence electrons. The molecular weight excluding hydrogens is 208 g/mol. The summed E-state index contributed by atoms with van der Waals surface area (Å²) in [6.07, 6.45) is 3.38. The molecule has 2 unspecified atom stereocenters. The third-order valence-corrected chi connectivity index (χ3v) is 3.74. The van der Waals surface area contributed by atoms with Crippen molar-refractivity contribution in [2.24, 2.45) is 5.92 Å². The van der Waals surface area contributed by atoms with E-state index in [1.807, 2.05) is 0 Å². The lowest BCUT2D eigenvalue weighted by atomic mass is 10.0. The topological polar surface area (TPSA) is 35.8 Å². The highest BCUT2D eigenvalue weighted by molar-refractivity contribution is 5.30. The Kier molecular flexibility index (Phi) is 3.81. The third-order valence-electron chi connectivity index (χ3n) is 3.74. The van der Waals surface area contributed by atoms with E-state index in [4.69, 9.17) is 5.26 Å². The minimum Gasteiger partial charge on any atom is -0.309 e. The highest BCUT2D eigenvalue weighted by Gasteiger charge is 2.26. The van der Waals surface area contributed by atoms with E-state index < -0.39 is 0 Å². The first kappa shape index (κ1) is 12.1. The molecule has 1 N–H and O–H groups in total. The van der Waals surface area contributed by atoms with E-state index in [9.17, 15) is 0 Å². The van der Waals surface area contributed by atoms with Crippen LogP contribution in [-0.2, 0) is 6.54 Å². The molecule has 0 heterocycles. The summed E-state index contributed by atoms with van der Waals surface area (Å²) in [5.74, 6) is 0.208. The molecule has 2 rings (SSSR count). The van der Waals surface area contributed by atoms with Gasteiger partial charge in [-0.15, -0.1) is 0 Å². The number of nitrogens with zero attached hydrogens (tertiary/aromatic N) is 1. The second kappa shape index (κ2) is 5.33. The van der Waals surface area contributed by atoms with Gasteiger partial charge in [-0.3, -0.25) is 0 Å².